The first-order valence-electron chi connectivity index (χ1n) is 6.72. The van der Waals surface area contributed by atoms with Crippen molar-refractivity contribution in [3.63, 3.8) is 0 Å². The maximum atomic E-state index is 9.32. The van der Waals surface area contributed by atoms with Gasteiger partial charge in [-0.2, -0.15) is 0 Å². The van der Waals surface area contributed by atoms with Crippen LogP contribution in [0.5, 0.6) is 0 Å². The van der Waals surface area contributed by atoms with Crippen LogP contribution < -0.4 is 0 Å². The third-order valence-electron chi connectivity index (χ3n) is 4.89. The van der Waals surface area contributed by atoms with E-state index in [9.17, 15) is 5.11 Å². The first-order chi connectivity index (χ1) is 7.55. The first kappa shape index (κ1) is 14.5. The Balaban J connectivity index is 2.45. The molecule has 2 heteroatoms. The van der Waals surface area contributed by atoms with Crippen molar-refractivity contribution in [1.29, 1.82) is 0 Å². The molecular formula is C14H27BrO. The van der Waals surface area contributed by atoms with Gasteiger partial charge in [-0.3, -0.25) is 0 Å². The average molecular weight is 291 g/mol. The molecule has 0 heterocycles. The van der Waals surface area contributed by atoms with Crippen LogP contribution in [0, 0.1) is 23.2 Å². The van der Waals surface area contributed by atoms with Gasteiger partial charge in [-0.15, -0.1) is 0 Å². The van der Waals surface area contributed by atoms with E-state index in [2.05, 4.69) is 36.7 Å². The summed E-state index contributed by atoms with van der Waals surface area (Å²) in [6, 6.07) is 0. The molecule has 0 aromatic heterocycles. The monoisotopic (exact) mass is 290 g/mol. The quantitative estimate of drug-likeness (QED) is 0.751. The maximum absolute atomic E-state index is 9.32. The minimum atomic E-state index is 0.345. The summed E-state index contributed by atoms with van der Waals surface area (Å²) >= 11 is 3.52. The molecule has 1 rings (SSSR count). The number of halogens is 1. The Hall–Kier alpha value is 0.440. The molecule has 16 heavy (non-hydrogen) atoms. The van der Waals surface area contributed by atoms with Gasteiger partial charge >= 0.3 is 0 Å². The topological polar surface area (TPSA) is 20.2 Å². The Bertz CT molecular complexity index is 191. The smallest absolute Gasteiger partial charge is 0.0469 e. The van der Waals surface area contributed by atoms with Gasteiger partial charge in [0, 0.05) is 11.9 Å². The van der Waals surface area contributed by atoms with Crippen molar-refractivity contribution in [2.24, 2.45) is 23.2 Å². The molecule has 0 radical (unpaired) electrons. The zero-order chi connectivity index (χ0) is 12.2. The minimum absolute atomic E-state index is 0.345. The second kappa shape index (κ2) is 6.39. The molecule has 0 aromatic carbocycles. The van der Waals surface area contributed by atoms with Gasteiger partial charge in [-0.25, -0.2) is 0 Å². The summed E-state index contributed by atoms with van der Waals surface area (Å²) in [7, 11) is 0. The van der Waals surface area contributed by atoms with Crippen LogP contribution in [-0.4, -0.2) is 17.0 Å². The van der Waals surface area contributed by atoms with Crippen LogP contribution in [0.25, 0.3) is 0 Å². The van der Waals surface area contributed by atoms with Gasteiger partial charge in [0.15, 0.2) is 0 Å². The van der Waals surface area contributed by atoms with Gasteiger partial charge in [0.25, 0.3) is 0 Å². The largest absolute Gasteiger partial charge is 0.396 e. The van der Waals surface area contributed by atoms with Crippen molar-refractivity contribution in [2.45, 2.75) is 52.9 Å². The molecule has 1 saturated carbocycles. The Morgan fingerprint density at radius 2 is 1.81 bits per heavy atom. The Kier molecular flexibility index (Phi) is 5.79. The highest BCUT2D eigenvalue weighted by Crippen LogP contribution is 2.43. The second-order valence-corrected chi connectivity index (χ2v) is 6.70. The van der Waals surface area contributed by atoms with Crippen LogP contribution >= 0.6 is 15.9 Å². The summed E-state index contributed by atoms with van der Waals surface area (Å²) in [5, 5.41) is 10.3. The molecule has 0 amide bonds. The molecule has 0 saturated heterocycles. The normalized spacial score (nSPS) is 29.1. The zero-order valence-electron chi connectivity index (χ0n) is 11.0. The van der Waals surface area contributed by atoms with Crippen LogP contribution in [-0.2, 0) is 0 Å². The molecule has 1 aliphatic rings. The number of rotatable bonds is 5. The van der Waals surface area contributed by atoms with Crippen LogP contribution in [0.4, 0.5) is 0 Å². The van der Waals surface area contributed by atoms with Crippen LogP contribution in [0.2, 0.25) is 0 Å². The summed E-state index contributed by atoms with van der Waals surface area (Å²) < 4.78 is 0. The molecule has 1 N–H and O–H groups in total. The molecule has 0 spiro atoms. The summed E-state index contributed by atoms with van der Waals surface area (Å²) in [6.07, 6.45) is 6.62. The van der Waals surface area contributed by atoms with Gasteiger partial charge in [-0.1, -0.05) is 43.1 Å². The fraction of sp³-hybridized carbons (Fsp3) is 1.00. The van der Waals surface area contributed by atoms with Gasteiger partial charge in [0.2, 0.25) is 0 Å². The van der Waals surface area contributed by atoms with Crippen molar-refractivity contribution in [3.8, 4) is 0 Å². The number of hydrogen-bond donors (Lipinski definition) is 1. The molecule has 1 atom stereocenters. The van der Waals surface area contributed by atoms with Gasteiger partial charge in [0.1, 0.15) is 0 Å². The lowest BCUT2D eigenvalue weighted by atomic mass is 9.66. The number of hydrogen-bond acceptors (Lipinski definition) is 1. The molecule has 0 bridgehead atoms. The van der Waals surface area contributed by atoms with Gasteiger partial charge in [-0.05, 0) is 48.9 Å². The van der Waals surface area contributed by atoms with Crippen LogP contribution in [0.1, 0.15) is 52.9 Å². The maximum Gasteiger partial charge on any atom is 0.0469 e. The standard InChI is InChI=1S/C14H27BrO/c1-4-14(2,3)13-7-5-11(6-8-13)12(9-15)10-16/h11-13,16H,4-10H2,1-3H3. The molecule has 0 aromatic rings. The summed E-state index contributed by atoms with van der Waals surface area (Å²) in [6.45, 7) is 7.47. The fourth-order valence-electron chi connectivity index (χ4n) is 2.98. The highest BCUT2D eigenvalue weighted by molar-refractivity contribution is 9.09. The van der Waals surface area contributed by atoms with Gasteiger partial charge in [0.05, 0.1) is 0 Å². The minimum Gasteiger partial charge on any atom is -0.396 e. The van der Waals surface area contributed by atoms with Crippen molar-refractivity contribution in [2.75, 3.05) is 11.9 Å². The highest BCUT2D eigenvalue weighted by Gasteiger charge is 2.33. The summed E-state index contributed by atoms with van der Waals surface area (Å²) in [4.78, 5) is 0. The third-order valence-corrected chi connectivity index (χ3v) is 5.72. The highest BCUT2D eigenvalue weighted by atomic mass is 79.9. The van der Waals surface area contributed by atoms with E-state index in [0.29, 0.717) is 17.9 Å². The van der Waals surface area contributed by atoms with E-state index in [1.165, 1.54) is 32.1 Å². The van der Waals surface area contributed by atoms with E-state index in [-0.39, 0.29) is 0 Å². The van der Waals surface area contributed by atoms with Crippen LogP contribution in [0.15, 0.2) is 0 Å². The van der Waals surface area contributed by atoms with Crippen molar-refractivity contribution >= 4 is 15.9 Å². The molecule has 1 nitrogen and oxygen atoms in total. The van der Waals surface area contributed by atoms with Crippen molar-refractivity contribution in [3.05, 3.63) is 0 Å². The fourth-order valence-corrected chi connectivity index (χ4v) is 3.72. The molecule has 1 fully saturated rings. The Morgan fingerprint density at radius 3 is 2.19 bits per heavy atom. The van der Waals surface area contributed by atoms with E-state index < -0.39 is 0 Å². The molecular weight excluding hydrogens is 264 g/mol. The van der Waals surface area contributed by atoms with Crippen LogP contribution in [0.3, 0.4) is 0 Å². The lowest BCUT2D eigenvalue weighted by Gasteiger charge is -2.40. The SMILES string of the molecule is CCC(C)(C)C1CCC(C(CO)CBr)CC1. The molecule has 1 unspecified atom stereocenters. The van der Waals surface area contributed by atoms with E-state index in [0.717, 1.165) is 17.2 Å². The Labute approximate surface area is 109 Å². The second-order valence-electron chi connectivity index (χ2n) is 6.05. The molecule has 0 aliphatic heterocycles. The summed E-state index contributed by atoms with van der Waals surface area (Å²) in [5.41, 5.74) is 0.508. The number of alkyl halides is 1. The number of aliphatic hydroxyl groups excluding tert-OH is 1. The first-order valence-corrected chi connectivity index (χ1v) is 7.84. The third kappa shape index (κ3) is 3.46. The van der Waals surface area contributed by atoms with E-state index in [1.807, 2.05) is 0 Å². The van der Waals surface area contributed by atoms with E-state index >= 15 is 0 Å². The van der Waals surface area contributed by atoms with Crippen molar-refractivity contribution in [1.82, 2.24) is 0 Å². The van der Waals surface area contributed by atoms with E-state index in [4.69, 9.17) is 0 Å². The lowest BCUT2D eigenvalue weighted by Crippen LogP contribution is -2.31. The molecule has 1 aliphatic carbocycles. The number of aliphatic hydroxyl groups is 1. The summed E-state index contributed by atoms with van der Waals surface area (Å²) in [5.74, 6) is 2.11. The van der Waals surface area contributed by atoms with Gasteiger partial charge < -0.3 is 5.11 Å². The van der Waals surface area contributed by atoms with Crippen molar-refractivity contribution < 1.29 is 5.11 Å². The predicted octanol–water partition coefficient (Wildman–Crippen LogP) is 4.23. The average Bonchev–Trinajstić information content (AvgIpc) is 2.31. The Morgan fingerprint density at radius 1 is 1.25 bits per heavy atom. The lowest BCUT2D eigenvalue weighted by molar-refractivity contribution is 0.0928. The van der Waals surface area contributed by atoms with E-state index in [1.54, 1.807) is 0 Å². The molecule has 96 valence electrons. The zero-order valence-corrected chi connectivity index (χ0v) is 12.6. The predicted molar refractivity (Wildman–Crippen MR) is 73.9 cm³/mol.